The Kier molecular flexibility index (Phi) is 4.81. The van der Waals surface area contributed by atoms with Crippen molar-refractivity contribution in [3.05, 3.63) is 35.6 Å². The smallest absolute Gasteiger partial charge is 0.234 e. The minimum absolute atomic E-state index is 0.119. The van der Waals surface area contributed by atoms with Crippen molar-refractivity contribution in [2.45, 2.75) is 32.6 Å². The predicted octanol–water partition coefficient (Wildman–Crippen LogP) is 1.98. The maximum atomic E-state index is 11.5. The number of aromatic nitrogens is 3. The molecule has 20 heavy (non-hydrogen) atoms. The fourth-order valence-electron chi connectivity index (χ4n) is 1.79. The number of hydrogen-bond donors (Lipinski definition) is 0. The topological polar surface area (TPSA) is 78.1 Å². The normalized spacial score (nSPS) is 10.5. The summed E-state index contributed by atoms with van der Waals surface area (Å²) in [6.07, 6.45) is 3.80. The number of Topliss-reactive ketones (excluding diaryl/α,β-unsaturated/α-hetero) is 1. The zero-order valence-electron chi connectivity index (χ0n) is 11.6. The molecule has 0 saturated carbocycles. The van der Waals surface area contributed by atoms with Crippen LogP contribution in [0.25, 0.3) is 0 Å². The number of nitrogens with zero attached hydrogens (tertiary/aromatic N) is 3. The van der Waals surface area contributed by atoms with Crippen LogP contribution in [-0.2, 0) is 17.6 Å². The van der Waals surface area contributed by atoms with Crippen LogP contribution in [0.15, 0.2) is 22.9 Å². The van der Waals surface area contributed by atoms with Gasteiger partial charge < -0.3 is 9.26 Å². The van der Waals surface area contributed by atoms with Crippen molar-refractivity contribution in [3.63, 3.8) is 0 Å². The largest absolute Gasteiger partial charge is 0.481 e. The Bertz CT molecular complexity index is 563. The molecular formula is C14H17N3O3. The molecule has 0 aliphatic heterocycles. The van der Waals surface area contributed by atoms with Gasteiger partial charge >= 0.3 is 0 Å². The number of ketones is 1. The summed E-state index contributed by atoms with van der Waals surface area (Å²) >= 11 is 0. The van der Waals surface area contributed by atoms with Gasteiger partial charge in [-0.3, -0.25) is 4.79 Å². The van der Waals surface area contributed by atoms with E-state index in [2.05, 4.69) is 15.1 Å². The second-order valence-corrected chi connectivity index (χ2v) is 4.46. The van der Waals surface area contributed by atoms with Gasteiger partial charge in [0.1, 0.15) is 5.78 Å². The van der Waals surface area contributed by atoms with Crippen molar-refractivity contribution in [2.24, 2.45) is 0 Å². The molecule has 0 spiro atoms. The lowest BCUT2D eigenvalue weighted by Crippen LogP contribution is -2.02. The molecule has 0 aliphatic rings. The summed E-state index contributed by atoms with van der Waals surface area (Å²) < 4.78 is 10.1. The first-order valence-electron chi connectivity index (χ1n) is 6.53. The van der Waals surface area contributed by atoms with Crippen LogP contribution in [-0.4, -0.2) is 28.0 Å². The minimum atomic E-state index is 0.119. The van der Waals surface area contributed by atoms with Crippen LogP contribution >= 0.6 is 0 Å². The summed E-state index contributed by atoms with van der Waals surface area (Å²) in [5.74, 6) is 1.61. The molecule has 106 valence electrons. The number of methoxy groups -OCH3 is 1. The molecule has 0 atom stereocenters. The van der Waals surface area contributed by atoms with E-state index in [1.165, 1.54) is 0 Å². The van der Waals surface area contributed by atoms with E-state index in [1.54, 1.807) is 19.4 Å². The highest BCUT2D eigenvalue weighted by molar-refractivity contribution is 5.79. The Morgan fingerprint density at radius 3 is 2.90 bits per heavy atom. The molecule has 2 aromatic heterocycles. The predicted molar refractivity (Wildman–Crippen MR) is 71.5 cm³/mol. The SMILES string of the molecule is CCCC(=O)Cc1nc(Cc2ccc(OC)nc2)no1. The standard InChI is InChI=1S/C14H17N3O3/c1-3-4-11(18)8-14-16-12(17-20-14)7-10-5-6-13(19-2)15-9-10/h5-6,9H,3-4,7-8H2,1-2H3. The van der Waals surface area contributed by atoms with Crippen LogP contribution in [0.4, 0.5) is 0 Å². The number of rotatable bonds is 7. The fraction of sp³-hybridized carbons (Fsp3) is 0.429. The zero-order valence-corrected chi connectivity index (χ0v) is 11.6. The Labute approximate surface area is 117 Å². The first kappa shape index (κ1) is 14.2. The van der Waals surface area contributed by atoms with Crippen molar-refractivity contribution >= 4 is 5.78 Å². The van der Waals surface area contributed by atoms with E-state index in [0.717, 1.165) is 12.0 Å². The first-order valence-corrected chi connectivity index (χ1v) is 6.53. The van der Waals surface area contributed by atoms with Crippen LogP contribution in [0.2, 0.25) is 0 Å². The Hall–Kier alpha value is -2.24. The monoisotopic (exact) mass is 275 g/mol. The molecular weight excluding hydrogens is 258 g/mol. The van der Waals surface area contributed by atoms with E-state index in [-0.39, 0.29) is 12.2 Å². The van der Waals surface area contributed by atoms with Gasteiger partial charge in [0.05, 0.1) is 13.5 Å². The summed E-state index contributed by atoms with van der Waals surface area (Å²) in [5.41, 5.74) is 0.957. The zero-order chi connectivity index (χ0) is 14.4. The summed E-state index contributed by atoms with van der Waals surface area (Å²) in [6.45, 7) is 1.97. The molecule has 0 radical (unpaired) electrons. The van der Waals surface area contributed by atoms with E-state index < -0.39 is 0 Å². The summed E-state index contributed by atoms with van der Waals surface area (Å²) in [6, 6.07) is 3.67. The fourth-order valence-corrected chi connectivity index (χ4v) is 1.79. The first-order chi connectivity index (χ1) is 9.71. The second kappa shape index (κ2) is 6.79. The lowest BCUT2D eigenvalue weighted by atomic mass is 10.2. The highest BCUT2D eigenvalue weighted by Crippen LogP contribution is 2.10. The number of ether oxygens (including phenoxy) is 1. The molecule has 0 aromatic carbocycles. The lowest BCUT2D eigenvalue weighted by Gasteiger charge is -1.99. The van der Waals surface area contributed by atoms with Gasteiger partial charge in [0.25, 0.3) is 0 Å². The summed E-state index contributed by atoms with van der Waals surface area (Å²) in [7, 11) is 1.57. The van der Waals surface area contributed by atoms with Gasteiger partial charge in [-0.2, -0.15) is 4.98 Å². The third-order valence-corrected chi connectivity index (χ3v) is 2.76. The van der Waals surface area contributed by atoms with Crippen LogP contribution < -0.4 is 4.74 Å². The third kappa shape index (κ3) is 3.88. The molecule has 0 saturated heterocycles. The van der Waals surface area contributed by atoms with E-state index in [1.807, 2.05) is 13.0 Å². The maximum absolute atomic E-state index is 11.5. The van der Waals surface area contributed by atoms with Crippen LogP contribution in [0.1, 0.15) is 37.0 Å². The quantitative estimate of drug-likeness (QED) is 0.768. The molecule has 0 fully saturated rings. The van der Waals surface area contributed by atoms with Gasteiger partial charge in [-0.05, 0) is 12.0 Å². The third-order valence-electron chi connectivity index (χ3n) is 2.76. The molecule has 6 nitrogen and oxygen atoms in total. The Balaban J connectivity index is 1.96. The van der Waals surface area contributed by atoms with Crippen molar-refractivity contribution in [1.29, 1.82) is 0 Å². The lowest BCUT2D eigenvalue weighted by molar-refractivity contribution is -0.118. The van der Waals surface area contributed by atoms with E-state index in [4.69, 9.17) is 9.26 Å². The molecule has 0 unspecified atom stereocenters. The van der Waals surface area contributed by atoms with Crippen molar-refractivity contribution in [2.75, 3.05) is 7.11 Å². The minimum Gasteiger partial charge on any atom is -0.481 e. The van der Waals surface area contributed by atoms with Gasteiger partial charge in [-0.1, -0.05) is 18.1 Å². The maximum Gasteiger partial charge on any atom is 0.234 e. The van der Waals surface area contributed by atoms with Crippen molar-refractivity contribution in [1.82, 2.24) is 15.1 Å². The van der Waals surface area contributed by atoms with Crippen LogP contribution in [0, 0.1) is 0 Å². The highest BCUT2D eigenvalue weighted by atomic mass is 16.5. The van der Waals surface area contributed by atoms with Gasteiger partial charge in [0, 0.05) is 25.1 Å². The van der Waals surface area contributed by atoms with Crippen molar-refractivity contribution in [3.8, 4) is 5.88 Å². The second-order valence-electron chi connectivity index (χ2n) is 4.46. The molecule has 0 amide bonds. The molecule has 2 rings (SSSR count). The Morgan fingerprint density at radius 2 is 2.25 bits per heavy atom. The molecule has 0 bridgehead atoms. The average molecular weight is 275 g/mol. The van der Waals surface area contributed by atoms with Crippen LogP contribution in [0.5, 0.6) is 5.88 Å². The van der Waals surface area contributed by atoms with Gasteiger partial charge in [-0.25, -0.2) is 4.98 Å². The van der Waals surface area contributed by atoms with Gasteiger partial charge in [0.2, 0.25) is 11.8 Å². The summed E-state index contributed by atoms with van der Waals surface area (Å²) in [4.78, 5) is 19.8. The van der Waals surface area contributed by atoms with Crippen molar-refractivity contribution < 1.29 is 14.1 Å². The van der Waals surface area contributed by atoms with Crippen LogP contribution in [0.3, 0.4) is 0 Å². The van der Waals surface area contributed by atoms with E-state index in [0.29, 0.717) is 30.4 Å². The number of pyridine rings is 1. The molecule has 0 N–H and O–H groups in total. The average Bonchev–Trinajstić information content (AvgIpc) is 2.87. The number of hydrogen-bond acceptors (Lipinski definition) is 6. The highest BCUT2D eigenvalue weighted by Gasteiger charge is 2.11. The number of carbonyl (C=O) groups excluding carboxylic acids is 1. The van der Waals surface area contributed by atoms with E-state index >= 15 is 0 Å². The Morgan fingerprint density at radius 1 is 1.40 bits per heavy atom. The number of carbonyl (C=O) groups is 1. The molecule has 6 heteroatoms. The molecule has 2 heterocycles. The summed E-state index contributed by atoms with van der Waals surface area (Å²) in [5, 5.41) is 3.87. The van der Waals surface area contributed by atoms with Gasteiger partial charge in [-0.15, -0.1) is 0 Å². The van der Waals surface area contributed by atoms with Gasteiger partial charge in [0.15, 0.2) is 5.82 Å². The molecule has 0 aliphatic carbocycles. The van der Waals surface area contributed by atoms with E-state index in [9.17, 15) is 4.79 Å². The molecule has 2 aromatic rings.